The second-order valence-corrected chi connectivity index (χ2v) is 3.76. The van der Waals surface area contributed by atoms with E-state index in [4.69, 9.17) is 5.26 Å². The van der Waals surface area contributed by atoms with Gasteiger partial charge in [-0.25, -0.2) is 0 Å². The molecule has 2 saturated heterocycles. The topological polar surface area (TPSA) is 39.1 Å². The summed E-state index contributed by atoms with van der Waals surface area (Å²) in [6, 6.07) is 3.07. The van der Waals surface area contributed by atoms with Crippen LogP contribution in [0.4, 0.5) is 0 Å². The van der Waals surface area contributed by atoms with E-state index in [1.807, 2.05) is 0 Å². The molecule has 3 heteroatoms. The molecule has 0 unspecified atom stereocenters. The Hall–Kier alpha value is -0.590. The summed E-state index contributed by atoms with van der Waals surface area (Å²) in [4.78, 5) is 2.45. The van der Waals surface area contributed by atoms with Gasteiger partial charge in [-0.3, -0.25) is 4.90 Å². The van der Waals surface area contributed by atoms with Gasteiger partial charge in [0.15, 0.2) is 0 Å². The zero-order valence-electron chi connectivity index (χ0n) is 7.29. The van der Waals surface area contributed by atoms with Crippen LogP contribution in [0.5, 0.6) is 0 Å². The fourth-order valence-corrected chi connectivity index (χ4v) is 2.06. The highest BCUT2D eigenvalue weighted by Crippen LogP contribution is 2.22. The van der Waals surface area contributed by atoms with E-state index in [1.165, 1.54) is 12.8 Å². The van der Waals surface area contributed by atoms with E-state index in [2.05, 4.69) is 16.3 Å². The van der Waals surface area contributed by atoms with E-state index in [-0.39, 0.29) is 0 Å². The van der Waals surface area contributed by atoms with Gasteiger partial charge in [0.2, 0.25) is 0 Å². The van der Waals surface area contributed by atoms with Crippen LogP contribution >= 0.6 is 0 Å². The normalized spacial score (nSPS) is 27.9. The lowest BCUT2D eigenvalue weighted by Gasteiger charge is -2.43. The standard InChI is InChI=1S/C9H15N3/c10-5-8-6-12(7-8)9-1-3-11-4-2-9/h8-9,11H,1-4,6-7H2. The van der Waals surface area contributed by atoms with Crippen LogP contribution in [0.25, 0.3) is 0 Å². The minimum Gasteiger partial charge on any atom is -0.317 e. The van der Waals surface area contributed by atoms with Crippen molar-refractivity contribution < 1.29 is 0 Å². The smallest absolute Gasteiger partial charge is 0.0717 e. The predicted octanol–water partition coefficient (Wildman–Crippen LogP) is 0.194. The van der Waals surface area contributed by atoms with Crippen molar-refractivity contribution in [2.45, 2.75) is 18.9 Å². The average molecular weight is 165 g/mol. The molecule has 2 fully saturated rings. The van der Waals surface area contributed by atoms with Crippen LogP contribution in [-0.2, 0) is 0 Å². The van der Waals surface area contributed by atoms with E-state index < -0.39 is 0 Å². The second kappa shape index (κ2) is 3.42. The first-order valence-corrected chi connectivity index (χ1v) is 4.74. The van der Waals surface area contributed by atoms with Crippen LogP contribution in [0.1, 0.15) is 12.8 Å². The summed E-state index contributed by atoms with van der Waals surface area (Å²) in [6.07, 6.45) is 2.52. The third-order valence-corrected chi connectivity index (χ3v) is 2.92. The Bertz CT molecular complexity index is 184. The maximum Gasteiger partial charge on any atom is 0.0717 e. The summed E-state index contributed by atoms with van der Waals surface area (Å²) in [5.41, 5.74) is 0. The molecule has 0 aromatic rings. The summed E-state index contributed by atoms with van der Waals surface area (Å²) in [5, 5.41) is 12.0. The van der Waals surface area contributed by atoms with Crippen molar-refractivity contribution in [2.75, 3.05) is 26.2 Å². The molecule has 12 heavy (non-hydrogen) atoms. The highest BCUT2D eigenvalue weighted by molar-refractivity contribution is 4.97. The number of hydrogen-bond donors (Lipinski definition) is 1. The molecule has 0 aromatic carbocycles. The van der Waals surface area contributed by atoms with Gasteiger partial charge in [0.1, 0.15) is 0 Å². The summed E-state index contributed by atoms with van der Waals surface area (Å²) in [5.74, 6) is 0.319. The highest BCUT2D eigenvalue weighted by atomic mass is 15.2. The summed E-state index contributed by atoms with van der Waals surface area (Å²) < 4.78 is 0. The van der Waals surface area contributed by atoms with Gasteiger partial charge in [0.05, 0.1) is 12.0 Å². The first-order valence-electron chi connectivity index (χ1n) is 4.74. The molecule has 0 aromatic heterocycles. The minimum absolute atomic E-state index is 0.319. The minimum atomic E-state index is 0.319. The first-order chi connectivity index (χ1) is 5.90. The van der Waals surface area contributed by atoms with Gasteiger partial charge >= 0.3 is 0 Å². The number of hydrogen-bond acceptors (Lipinski definition) is 3. The molecule has 0 amide bonds. The van der Waals surface area contributed by atoms with Crippen LogP contribution in [-0.4, -0.2) is 37.1 Å². The molecule has 66 valence electrons. The number of likely N-dealkylation sites (tertiary alicyclic amines) is 1. The van der Waals surface area contributed by atoms with E-state index in [0.29, 0.717) is 5.92 Å². The first kappa shape index (κ1) is 8.03. The fourth-order valence-electron chi connectivity index (χ4n) is 2.06. The van der Waals surface area contributed by atoms with Crippen molar-refractivity contribution >= 4 is 0 Å². The molecular formula is C9H15N3. The summed E-state index contributed by atoms with van der Waals surface area (Å²) in [7, 11) is 0. The van der Waals surface area contributed by atoms with Crippen molar-refractivity contribution in [3.05, 3.63) is 0 Å². The van der Waals surface area contributed by atoms with Crippen LogP contribution in [0, 0.1) is 17.2 Å². The van der Waals surface area contributed by atoms with Crippen molar-refractivity contribution in [1.29, 1.82) is 5.26 Å². The van der Waals surface area contributed by atoms with Gasteiger partial charge in [-0.2, -0.15) is 5.26 Å². The third-order valence-electron chi connectivity index (χ3n) is 2.92. The van der Waals surface area contributed by atoms with Crippen molar-refractivity contribution in [2.24, 2.45) is 5.92 Å². The highest BCUT2D eigenvalue weighted by Gasteiger charge is 2.32. The average Bonchev–Trinajstić information content (AvgIpc) is 2.04. The van der Waals surface area contributed by atoms with Crippen LogP contribution < -0.4 is 5.32 Å². The van der Waals surface area contributed by atoms with E-state index in [0.717, 1.165) is 32.2 Å². The Kier molecular flexibility index (Phi) is 2.29. The van der Waals surface area contributed by atoms with Gasteiger partial charge in [0, 0.05) is 19.1 Å². The summed E-state index contributed by atoms with van der Waals surface area (Å²) in [6.45, 7) is 4.33. The Morgan fingerprint density at radius 1 is 1.25 bits per heavy atom. The van der Waals surface area contributed by atoms with Gasteiger partial charge < -0.3 is 5.32 Å². The Morgan fingerprint density at radius 3 is 2.50 bits per heavy atom. The zero-order chi connectivity index (χ0) is 8.39. The lowest BCUT2D eigenvalue weighted by molar-refractivity contribution is 0.0631. The molecule has 1 N–H and O–H groups in total. The number of piperidine rings is 1. The van der Waals surface area contributed by atoms with Gasteiger partial charge in [-0.15, -0.1) is 0 Å². The largest absolute Gasteiger partial charge is 0.317 e. The molecule has 2 aliphatic heterocycles. The molecule has 0 atom stereocenters. The van der Waals surface area contributed by atoms with Gasteiger partial charge in [0.25, 0.3) is 0 Å². The van der Waals surface area contributed by atoms with Crippen LogP contribution in [0.15, 0.2) is 0 Å². The van der Waals surface area contributed by atoms with E-state index in [9.17, 15) is 0 Å². The number of nitriles is 1. The Balaban J connectivity index is 1.76. The second-order valence-electron chi connectivity index (χ2n) is 3.76. The predicted molar refractivity (Wildman–Crippen MR) is 46.6 cm³/mol. The van der Waals surface area contributed by atoms with Crippen LogP contribution in [0.2, 0.25) is 0 Å². The number of nitrogens with one attached hydrogen (secondary N) is 1. The molecular weight excluding hydrogens is 150 g/mol. The van der Waals surface area contributed by atoms with Gasteiger partial charge in [-0.1, -0.05) is 0 Å². The molecule has 0 saturated carbocycles. The zero-order valence-corrected chi connectivity index (χ0v) is 7.29. The molecule has 0 bridgehead atoms. The molecule has 0 aliphatic carbocycles. The Labute approximate surface area is 73.3 Å². The number of nitrogens with zero attached hydrogens (tertiary/aromatic N) is 2. The quantitative estimate of drug-likeness (QED) is 0.603. The third kappa shape index (κ3) is 1.45. The number of rotatable bonds is 1. The van der Waals surface area contributed by atoms with Crippen molar-refractivity contribution in [3.8, 4) is 6.07 Å². The molecule has 2 aliphatic rings. The monoisotopic (exact) mass is 165 g/mol. The molecule has 0 spiro atoms. The lowest BCUT2D eigenvalue weighted by Crippen LogP contribution is -2.54. The molecule has 0 radical (unpaired) electrons. The molecule has 3 nitrogen and oxygen atoms in total. The van der Waals surface area contributed by atoms with Crippen molar-refractivity contribution in [3.63, 3.8) is 0 Å². The van der Waals surface area contributed by atoms with Crippen molar-refractivity contribution in [1.82, 2.24) is 10.2 Å². The Morgan fingerprint density at radius 2 is 1.92 bits per heavy atom. The van der Waals surface area contributed by atoms with E-state index in [1.54, 1.807) is 0 Å². The summed E-state index contributed by atoms with van der Waals surface area (Å²) >= 11 is 0. The SMILES string of the molecule is N#CC1CN(C2CCNCC2)C1. The fraction of sp³-hybridized carbons (Fsp3) is 0.889. The lowest BCUT2D eigenvalue weighted by atomic mass is 9.95. The van der Waals surface area contributed by atoms with E-state index >= 15 is 0 Å². The maximum atomic E-state index is 8.61. The van der Waals surface area contributed by atoms with Crippen LogP contribution in [0.3, 0.4) is 0 Å². The van der Waals surface area contributed by atoms with Gasteiger partial charge in [-0.05, 0) is 25.9 Å². The maximum absolute atomic E-state index is 8.61. The molecule has 2 rings (SSSR count). The molecule has 2 heterocycles.